The van der Waals surface area contributed by atoms with Gasteiger partial charge in [-0.25, -0.2) is 13.2 Å². The molecule has 1 aliphatic rings. The summed E-state index contributed by atoms with van der Waals surface area (Å²) in [4.78, 5) is 18.9. The van der Waals surface area contributed by atoms with Crippen molar-refractivity contribution in [2.75, 3.05) is 18.6 Å². The molecule has 1 N–H and O–H groups in total. The molecule has 1 atom stereocenters. The zero-order valence-electron chi connectivity index (χ0n) is 13.1. The van der Waals surface area contributed by atoms with E-state index in [1.807, 2.05) is 17.5 Å². The Morgan fingerprint density at radius 1 is 1.54 bits per heavy atom. The van der Waals surface area contributed by atoms with Crippen LogP contribution in [-0.4, -0.2) is 54.1 Å². The summed E-state index contributed by atoms with van der Waals surface area (Å²) in [6.07, 6.45) is 1.04. The first-order valence-electron chi connectivity index (χ1n) is 7.48. The van der Waals surface area contributed by atoms with Gasteiger partial charge in [0.15, 0.2) is 15.7 Å². The molecule has 10 heteroatoms. The summed E-state index contributed by atoms with van der Waals surface area (Å²) in [5, 5.41) is 8.50. The Morgan fingerprint density at radius 2 is 2.38 bits per heavy atom. The maximum atomic E-state index is 12.1. The topological polar surface area (TPSA) is 105 Å². The minimum atomic E-state index is -3.02. The number of urea groups is 1. The van der Waals surface area contributed by atoms with Crippen LogP contribution in [-0.2, 0) is 22.8 Å². The van der Waals surface area contributed by atoms with Gasteiger partial charge in [-0.1, -0.05) is 11.2 Å². The quantitative estimate of drug-likeness (QED) is 0.843. The fourth-order valence-electron chi connectivity index (χ4n) is 2.52. The lowest BCUT2D eigenvalue weighted by Gasteiger charge is -2.23. The highest BCUT2D eigenvalue weighted by atomic mass is 32.2. The Balaban J connectivity index is 1.50. The van der Waals surface area contributed by atoms with E-state index >= 15 is 0 Å². The van der Waals surface area contributed by atoms with Crippen molar-refractivity contribution in [3.8, 4) is 0 Å². The van der Waals surface area contributed by atoms with Gasteiger partial charge in [0.2, 0.25) is 5.89 Å². The van der Waals surface area contributed by atoms with Crippen LogP contribution in [0.1, 0.15) is 23.0 Å². The number of carbonyl (C=O) groups is 1. The molecule has 8 nitrogen and oxygen atoms in total. The highest BCUT2D eigenvalue weighted by Gasteiger charge is 2.32. The Bertz CT molecular complexity index is 801. The van der Waals surface area contributed by atoms with Crippen LogP contribution in [0.2, 0.25) is 0 Å². The lowest BCUT2D eigenvalue weighted by atomic mass is 10.2. The van der Waals surface area contributed by atoms with Crippen molar-refractivity contribution >= 4 is 27.2 Å². The van der Waals surface area contributed by atoms with Crippen molar-refractivity contribution in [2.45, 2.75) is 25.4 Å². The van der Waals surface area contributed by atoms with Gasteiger partial charge in [-0.2, -0.15) is 4.98 Å². The largest absolute Gasteiger partial charge is 0.339 e. The molecule has 0 saturated carbocycles. The first kappa shape index (κ1) is 16.9. The molecule has 0 aromatic carbocycles. The number of aromatic nitrogens is 2. The summed E-state index contributed by atoms with van der Waals surface area (Å²) >= 11 is 1.61. The first-order valence-corrected chi connectivity index (χ1v) is 10.2. The Kier molecular flexibility index (Phi) is 4.86. The molecule has 1 saturated heterocycles. The van der Waals surface area contributed by atoms with Gasteiger partial charge in [-0.15, -0.1) is 11.3 Å². The molecule has 3 heterocycles. The van der Waals surface area contributed by atoms with Crippen molar-refractivity contribution < 1.29 is 17.7 Å². The van der Waals surface area contributed by atoms with Crippen LogP contribution < -0.4 is 5.32 Å². The van der Waals surface area contributed by atoms with Gasteiger partial charge in [0.1, 0.15) is 0 Å². The third kappa shape index (κ3) is 4.12. The minimum absolute atomic E-state index is 0.0179. The van der Waals surface area contributed by atoms with E-state index in [1.165, 1.54) is 4.90 Å². The molecule has 0 radical (unpaired) electrons. The average Bonchev–Trinajstić information content (AvgIpc) is 3.26. The number of nitrogens with one attached hydrogen (secondary N) is 1. The van der Waals surface area contributed by atoms with Crippen LogP contribution in [0, 0.1) is 0 Å². The molecule has 0 unspecified atom stereocenters. The van der Waals surface area contributed by atoms with Crippen LogP contribution in [0.3, 0.4) is 0 Å². The number of hydrogen-bond acceptors (Lipinski definition) is 7. The van der Waals surface area contributed by atoms with Gasteiger partial charge in [-0.3, -0.25) is 0 Å². The third-order valence-electron chi connectivity index (χ3n) is 3.89. The monoisotopic (exact) mass is 370 g/mol. The van der Waals surface area contributed by atoms with Gasteiger partial charge in [0.25, 0.3) is 0 Å². The highest BCUT2D eigenvalue weighted by Crippen LogP contribution is 2.16. The zero-order valence-corrected chi connectivity index (χ0v) is 14.8. The van der Waals surface area contributed by atoms with E-state index in [0.717, 1.165) is 4.88 Å². The van der Waals surface area contributed by atoms with E-state index in [2.05, 4.69) is 15.5 Å². The number of sulfone groups is 1. The van der Waals surface area contributed by atoms with E-state index in [0.29, 0.717) is 24.6 Å². The van der Waals surface area contributed by atoms with Gasteiger partial charge < -0.3 is 14.7 Å². The summed E-state index contributed by atoms with van der Waals surface area (Å²) in [7, 11) is -1.43. The highest BCUT2D eigenvalue weighted by molar-refractivity contribution is 7.91. The van der Waals surface area contributed by atoms with Crippen molar-refractivity contribution in [3.63, 3.8) is 0 Å². The van der Waals surface area contributed by atoms with E-state index in [9.17, 15) is 13.2 Å². The predicted molar refractivity (Wildman–Crippen MR) is 88.5 cm³/mol. The Morgan fingerprint density at radius 3 is 3.04 bits per heavy atom. The number of hydrogen-bond donors (Lipinski definition) is 1. The molecular formula is C14H18N4O4S2. The molecule has 2 amide bonds. The molecule has 0 bridgehead atoms. The average molecular weight is 370 g/mol. The molecule has 2 aromatic heterocycles. The molecular weight excluding hydrogens is 352 g/mol. The Hall–Kier alpha value is -1.94. The van der Waals surface area contributed by atoms with Gasteiger partial charge >= 0.3 is 6.03 Å². The van der Waals surface area contributed by atoms with E-state index in [4.69, 9.17) is 4.52 Å². The first-order chi connectivity index (χ1) is 11.4. The number of carbonyl (C=O) groups excluding carboxylic acids is 1. The van der Waals surface area contributed by atoms with Gasteiger partial charge in [0, 0.05) is 18.0 Å². The molecule has 1 aliphatic heterocycles. The predicted octanol–water partition coefficient (Wildman–Crippen LogP) is 1.05. The lowest BCUT2D eigenvalue weighted by Crippen LogP contribution is -2.44. The maximum Gasteiger partial charge on any atom is 0.317 e. The maximum absolute atomic E-state index is 12.1. The van der Waals surface area contributed by atoms with E-state index in [-0.39, 0.29) is 30.1 Å². The standard InChI is InChI=1S/C14H18N4O4S2/c1-18(10-4-6-24(20,21)9-10)14(19)15-8-12-16-13(22-17-12)7-11-3-2-5-23-11/h2-3,5,10H,4,6-9H2,1H3,(H,15,19)/t10-/m0/s1. The van der Waals surface area contributed by atoms with Crippen LogP contribution in [0.15, 0.2) is 22.0 Å². The van der Waals surface area contributed by atoms with Crippen molar-refractivity contribution in [1.82, 2.24) is 20.4 Å². The lowest BCUT2D eigenvalue weighted by molar-refractivity contribution is 0.194. The minimum Gasteiger partial charge on any atom is -0.339 e. The van der Waals surface area contributed by atoms with Crippen LogP contribution in [0.5, 0.6) is 0 Å². The molecule has 130 valence electrons. The van der Waals surface area contributed by atoms with Gasteiger partial charge in [0.05, 0.1) is 24.5 Å². The van der Waals surface area contributed by atoms with Gasteiger partial charge in [-0.05, 0) is 17.9 Å². The second-order valence-electron chi connectivity index (χ2n) is 5.69. The molecule has 0 aliphatic carbocycles. The number of amides is 2. The number of thiophene rings is 1. The molecule has 24 heavy (non-hydrogen) atoms. The summed E-state index contributed by atoms with van der Waals surface area (Å²) in [6.45, 7) is 0.135. The van der Waals surface area contributed by atoms with Crippen LogP contribution in [0.4, 0.5) is 4.79 Å². The molecule has 2 aromatic rings. The van der Waals surface area contributed by atoms with E-state index < -0.39 is 9.84 Å². The number of nitrogens with zero attached hydrogens (tertiary/aromatic N) is 3. The van der Waals surface area contributed by atoms with Crippen LogP contribution in [0.25, 0.3) is 0 Å². The third-order valence-corrected chi connectivity index (χ3v) is 6.52. The summed E-state index contributed by atoms with van der Waals surface area (Å²) in [6, 6.07) is 3.31. The second-order valence-corrected chi connectivity index (χ2v) is 8.95. The second kappa shape index (κ2) is 6.89. The smallest absolute Gasteiger partial charge is 0.317 e. The SMILES string of the molecule is CN(C(=O)NCc1noc(Cc2cccs2)n1)[C@H]1CCS(=O)(=O)C1. The van der Waals surface area contributed by atoms with Crippen molar-refractivity contribution in [3.05, 3.63) is 34.1 Å². The molecule has 3 rings (SSSR count). The molecule has 1 fully saturated rings. The van der Waals surface area contributed by atoms with Crippen LogP contribution >= 0.6 is 11.3 Å². The fourth-order valence-corrected chi connectivity index (χ4v) is 4.99. The normalized spacial score (nSPS) is 19.3. The zero-order chi connectivity index (χ0) is 17.2. The number of rotatable bonds is 5. The summed E-state index contributed by atoms with van der Waals surface area (Å²) < 4.78 is 28.1. The molecule has 0 spiro atoms. The summed E-state index contributed by atoms with van der Waals surface area (Å²) in [5.74, 6) is 1.04. The van der Waals surface area contributed by atoms with Crippen molar-refractivity contribution in [2.24, 2.45) is 0 Å². The summed E-state index contributed by atoms with van der Waals surface area (Å²) in [5.41, 5.74) is 0. The Labute approximate surface area is 143 Å². The fraction of sp³-hybridized carbons (Fsp3) is 0.500. The van der Waals surface area contributed by atoms with E-state index in [1.54, 1.807) is 18.4 Å². The van der Waals surface area contributed by atoms with Crippen molar-refractivity contribution in [1.29, 1.82) is 0 Å².